The van der Waals surface area contributed by atoms with Crippen molar-refractivity contribution < 1.29 is 17.6 Å². The molecule has 114 valence electrons. The molecule has 2 aromatic rings. The molecule has 0 aliphatic carbocycles. The summed E-state index contributed by atoms with van der Waals surface area (Å²) in [7, 11) is 0. The highest BCUT2D eigenvalue weighted by atomic mass is 32.1. The molecule has 1 aromatic carbocycles. The van der Waals surface area contributed by atoms with Crippen LogP contribution >= 0.6 is 11.3 Å². The van der Waals surface area contributed by atoms with Gasteiger partial charge < -0.3 is 5.32 Å². The van der Waals surface area contributed by atoms with Crippen LogP contribution < -0.4 is 5.32 Å². The highest BCUT2D eigenvalue weighted by molar-refractivity contribution is 7.09. The van der Waals surface area contributed by atoms with Gasteiger partial charge in [0, 0.05) is 11.6 Å². The van der Waals surface area contributed by atoms with E-state index in [-0.39, 0.29) is 5.56 Å². The molecule has 2 nitrogen and oxygen atoms in total. The molecule has 0 aliphatic rings. The first kappa shape index (κ1) is 15.9. The normalized spacial score (nSPS) is 13.4. The summed E-state index contributed by atoms with van der Waals surface area (Å²) in [5.74, 6) is -0.903. The third-order valence-corrected chi connectivity index (χ3v) is 3.72. The van der Waals surface area contributed by atoms with Gasteiger partial charge in [-0.2, -0.15) is 13.2 Å². The van der Waals surface area contributed by atoms with Crippen molar-refractivity contribution in [2.24, 2.45) is 0 Å². The first-order valence-electron chi connectivity index (χ1n) is 6.42. The van der Waals surface area contributed by atoms with Gasteiger partial charge in [-0.05, 0) is 36.7 Å². The number of hydrogen-bond acceptors (Lipinski definition) is 3. The standard InChI is InChI=1S/C14H14F4N2S/c1-2-3-19-12(13-20-4-5-21-13)9-6-10(14(16,17)18)8-11(15)7-9/h4-8,12,19H,2-3H2,1H3. The summed E-state index contributed by atoms with van der Waals surface area (Å²) in [6.45, 7) is 2.54. The number of aromatic nitrogens is 1. The number of nitrogens with one attached hydrogen (secondary N) is 1. The highest BCUT2D eigenvalue weighted by Gasteiger charge is 2.32. The topological polar surface area (TPSA) is 24.9 Å². The molecule has 1 N–H and O–H groups in total. The Bertz CT molecular complexity index is 581. The van der Waals surface area contributed by atoms with Crippen LogP contribution in [0.4, 0.5) is 17.6 Å². The van der Waals surface area contributed by atoms with E-state index in [0.29, 0.717) is 17.6 Å². The summed E-state index contributed by atoms with van der Waals surface area (Å²) in [6, 6.07) is 2.05. The summed E-state index contributed by atoms with van der Waals surface area (Å²) in [4.78, 5) is 4.12. The van der Waals surface area contributed by atoms with Crippen LogP contribution in [0.3, 0.4) is 0 Å². The maximum Gasteiger partial charge on any atom is 0.416 e. The Morgan fingerprint density at radius 2 is 2.05 bits per heavy atom. The molecule has 0 amide bonds. The van der Waals surface area contributed by atoms with Crippen LogP contribution in [0.2, 0.25) is 0 Å². The lowest BCUT2D eigenvalue weighted by Crippen LogP contribution is -2.23. The van der Waals surface area contributed by atoms with Crippen molar-refractivity contribution in [2.75, 3.05) is 6.54 Å². The van der Waals surface area contributed by atoms with Crippen LogP contribution in [0.5, 0.6) is 0 Å². The maximum atomic E-state index is 13.5. The van der Waals surface area contributed by atoms with Crippen molar-refractivity contribution >= 4 is 11.3 Å². The van der Waals surface area contributed by atoms with E-state index >= 15 is 0 Å². The molecule has 21 heavy (non-hydrogen) atoms. The molecular weight excluding hydrogens is 304 g/mol. The number of thiazole rings is 1. The lowest BCUT2D eigenvalue weighted by molar-refractivity contribution is -0.137. The molecule has 1 atom stereocenters. The zero-order valence-corrected chi connectivity index (χ0v) is 12.1. The Morgan fingerprint density at radius 1 is 1.29 bits per heavy atom. The molecule has 0 aliphatic heterocycles. The van der Waals surface area contributed by atoms with Crippen LogP contribution in [-0.4, -0.2) is 11.5 Å². The zero-order valence-electron chi connectivity index (χ0n) is 11.2. The largest absolute Gasteiger partial charge is 0.416 e. The molecule has 7 heteroatoms. The first-order valence-corrected chi connectivity index (χ1v) is 7.30. The molecule has 0 fully saturated rings. The second-order valence-corrected chi connectivity index (χ2v) is 5.45. The minimum Gasteiger partial charge on any atom is -0.304 e. The number of alkyl halides is 3. The number of halogens is 4. The predicted molar refractivity (Wildman–Crippen MR) is 73.7 cm³/mol. The lowest BCUT2D eigenvalue weighted by Gasteiger charge is -2.18. The van der Waals surface area contributed by atoms with Gasteiger partial charge >= 0.3 is 6.18 Å². The quantitative estimate of drug-likeness (QED) is 0.827. The molecule has 2 rings (SSSR count). The van der Waals surface area contributed by atoms with Gasteiger partial charge in [0.05, 0.1) is 11.6 Å². The summed E-state index contributed by atoms with van der Waals surface area (Å²) >= 11 is 1.32. The molecule has 1 aromatic heterocycles. The second-order valence-electron chi connectivity index (χ2n) is 4.53. The number of rotatable bonds is 5. The smallest absolute Gasteiger partial charge is 0.304 e. The van der Waals surface area contributed by atoms with Gasteiger partial charge in [-0.25, -0.2) is 9.37 Å². The lowest BCUT2D eigenvalue weighted by atomic mass is 10.0. The fraction of sp³-hybridized carbons (Fsp3) is 0.357. The average Bonchev–Trinajstić information content (AvgIpc) is 2.91. The van der Waals surface area contributed by atoms with Gasteiger partial charge in [-0.3, -0.25) is 0 Å². The van der Waals surface area contributed by atoms with Crippen molar-refractivity contribution in [2.45, 2.75) is 25.6 Å². The zero-order chi connectivity index (χ0) is 15.5. The molecule has 0 saturated heterocycles. The Hall–Kier alpha value is -1.47. The molecule has 1 heterocycles. The predicted octanol–water partition coefficient (Wildman–Crippen LogP) is 4.39. The van der Waals surface area contributed by atoms with Crippen LogP contribution in [0, 0.1) is 5.82 Å². The third kappa shape index (κ3) is 4.01. The van der Waals surface area contributed by atoms with Gasteiger partial charge in [0.15, 0.2) is 0 Å². The van der Waals surface area contributed by atoms with E-state index in [4.69, 9.17) is 0 Å². The van der Waals surface area contributed by atoms with Gasteiger partial charge in [-0.15, -0.1) is 11.3 Å². The van der Waals surface area contributed by atoms with Gasteiger partial charge in [-0.1, -0.05) is 6.92 Å². The van der Waals surface area contributed by atoms with E-state index in [1.165, 1.54) is 11.3 Å². The summed E-state index contributed by atoms with van der Waals surface area (Å²) in [5.41, 5.74) is -0.761. The maximum absolute atomic E-state index is 13.5. The van der Waals surface area contributed by atoms with E-state index in [2.05, 4.69) is 10.3 Å². The van der Waals surface area contributed by atoms with Crippen molar-refractivity contribution in [3.05, 3.63) is 51.7 Å². The van der Waals surface area contributed by atoms with Crippen molar-refractivity contribution in [1.82, 2.24) is 10.3 Å². The van der Waals surface area contributed by atoms with Crippen molar-refractivity contribution in [3.8, 4) is 0 Å². The summed E-state index contributed by atoms with van der Waals surface area (Å²) < 4.78 is 52.0. The molecule has 1 unspecified atom stereocenters. The van der Waals surface area contributed by atoms with Crippen LogP contribution in [0.15, 0.2) is 29.8 Å². The molecule has 0 bridgehead atoms. The summed E-state index contributed by atoms with van der Waals surface area (Å²) in [6.07, 6.45) is -2.19. The number of benzene rings is 1. The van der Waals surface area contributed by atoms with Crippen molar-refractivity contribution in [3.63, 3.8) is 0 Å². The second kappa shape index (κ2) is 6.53. The fourth-order valence-electron chi connectivity index (χ4n) is 1.96. The van der Waals surface area contributed by atoms with E-state index in [1.807, 2.05) is 6.92 Å². The van der Waals surface area contributed by atoms with E-state index in [9.17, 15) is 17.6 Å². The van der Waals surface area contributed by atoms with E-state index in [0.717, 1.165) is 18.6 Å². The number of hydrogen-bond donors (Lipinski definition) is 1. The molecule has 0 radical (unpaired) electrons. The van der Waals surface area contributed by atoms with Crippen LogP contribution in [0.1, 0.15) is 35.5 Å². The Balaban J connectivity index is 2.42. The minimum atomic E-state index is -4.57. The monoisotopic (exact) mass is 318 g/mol. The number of nitrogens with zero attached hydrogens (tertiary/aromatic N) is 1. The van der Waals surface area contributed by atoms with Gasteiger partial charge in [0.2, 0.25) is 0 Å². The van der Waals surface area contributed by atoms with Gasteiger partial charge in [0.25, 0.3) is 0 Å². The SMILES string of the molecule is CCCNC(c1cc(F)cc(C(F)(F)F)c1)c1nccs1. The van der Waals surface area contributed by atoms with Crippen molar-refractivity contribution in [1.29, 1.82) is 0 Å². The van der Waals surface area contributed by atoms with E-state index in [1.54, 1.807) is 11.6 Å². The highest BCUT2D eigenvalue weighted by Crippen LogP contribution is 2.33. The Labute approximate surface area is 123 Å². The first-order chi connectivity index (χ1) is 9.91. The Kier molecular flexibility index (Phi) is 4.95. The molecule has 0 saturated carbocycles. The minimum absolute atomic E-state index is 0.228. The Morgan fingerprint density at radius 3 is 2.62 bits per heavy atom. The van der Waals surface area contributed by atoms with Gasteiger partial charge in [0.1, 0.15) is 10.8 Å². The van der Waals surface area contributed by atoms with Crippen LogP contribution in [-0.2, 0) is 6.18 Å². The van der Waals surface area contributed by atoms with E-state index < -0.39 is 23.6 Å². The summed E-state index contributed by atoms with van der Waals surface area (Å²) in [5, 5.41) is 5.46. The average molecular weight is 318 g/mol. The molecular formula is C14H14F4N2S. The molecule has 0 spiro atoms. The third-order valence-electron chi connectivity index (χ3n) is 2.88. The fourth-order valence-corrected chi connectivity index (χ4v) is 2.69. The van der Waals surface area contributed by atoms with Crippen LogP contribution in [0.25, 0.3) is 0 Å².